The second-order valence-electron chi connectivity index (χ2n) is 23.9. The van der Waals surface area contributed by atoms with E-state index in [9.17, 15) is 0 Å². The lowest BCUT2D eigenvalue weighted by molar-refractivity contribution is 0.590. The molecule has 0 amide bonds. The van der Waals surface area contributed by atoms with Crippen molar-refractivity contribution in [1.29, 1.82) is 0 Å². The third-order valence-corrected chi connectivity index (χ3v) is 16.5. The summed E-state index contributed by atoms with van der Waals surface area (Å²) < 4.78 is 2.74. The molecule has 9 aromatic carbocycles. The summed E-state index contributed by atoms with van der Waals surface area (Å²) >= 11 is 1.99. The quantitative estimate of drug-likeness (QED) is 0.129. The van der Waals surface area contributed by atoms with E-state index in [1.807, 2.05) is 11.3 Å². The lowest BCUT2D eigenvalue weighted by Crippen LogP contribution is -2.60. The Morgan fingerprint density at radius 3 is 1.59 bits per heavy atom. The molecule has 2 aliphatic rings. The number of thiophene rings is 1. The maximum atomic E-state index is 2.63. The van der Waals surface area contributed by atoms with Crippen LogP contribution in [-0.2, 0) is 21.7 Å². The van der Waals surface area contributed by atoms with E-state index < -0.39 is 0 Å². The van der Waals surface area contributed by atoms with Gasteiger partial charge in [-0.3, -0.25) is 0 Å². The normalized spacial score (nSPS) is 14.1. The average molecular weight is 901 g/mol. The molecule has 10 aromatic rings. The van der Waals surface area contributed by atoms with E-state index in [0.29, 0.717) is 0 Å². The molecule has 0 radical (unpaired) electrons. The molecule has 68 heavy (non-hydrogen) atoms. The predicted octanol–water partition coefficient (Wildman–Crippen LogP) is 16.7. The van der Waals surface area contributed by atoms with Crippen LogP contribution in [0.3, 0.4) is 0 Å². The van der Waals surface area contributed by atoms with Gasteiger partial charge in [0, 0.05) is 43.2 Å². The number of nitrogens with zero attached hydrogens (tertiary/aromatic N) is 2. The molecule has 0 saturated carbocycles. The summed E-state index contributed by atoms with van der Waals surface area (Å²) in [4.78, 5) is 5.25. The Labute approximate surface area is 407 Å². The minimum absolute atomic E-state index is 0.0104. The molecule has 2 nitrogen and oxygen atoms in total. The van der Waals surface area contributed by atoms with E-state index in [4.69, 9.17) is 0 Å². The van der Waals surface area contributed by atoms with Crippen molar-refractivity contribution >= 4 is 110 Å². The van der Waals surface area contributed by atoms with E-state index in [2.05, 4.69) is 245 Å². The summed E-state index contributed by atoms with van der Waals surface area (Å²) in [5.74, 6) is 0. The zero-order valence-corrected chi connectivity index (χ0v) is 42.6. The molecule has 1 aromatic heterocycles. The molecule has 12 rings (SSSR count). The largest absolute Gasteiger partial charge is 0.311 e. The molecule has 0 atom stereocenters. The van der Waals surface area contributed by atoms with Crippen LogP contribution in [0, 0.1) is 0 Å². The maximum Gasteiger partial charge on any atom is 0.264 e. The van der Waals surface area contributed by atoms with Gasteiger partial charge in [-0.05, 0) is 147 Å². The number of fused-ring (bicyclic) bond motifs is 6. The molecular weight excluding hydrogens is 840 g/mol. The van der Waals surface area contributed by atoms with Crippen LogP contribution in [0.5, 0.6) is 0 Å². The molecule has 0 aliphatic carbocycles. The van der Waals surface area contributed by atoms with Gasteiger partial charge in [-0.2, -0.15) is 0 Å². The SMILES string of the molecule is CC(C)(C)c1ccc(N2c3cccc4c3B(c3cc(C(C)(C)C)ccc3N4c3ccc(C(C)(C)C)cc3-c3ccc4ccc5cccc6ccc3c4c56)c3sc4ccc(C(C)(C)C)cc4c32)cc1. The molecule has 2 aliphatic heterocycles. The van der Waals surface area contributed by atoms with Gasteiger partial charge in [-0.25, -0.2) is 0 Å². The Balaban J connectivity index is 1.18. The van der Waals surface area contributed by atoms with Gasteiger partial charge in [0.1, 0.15) is 0 Å². The topological polar surface area (TPSA) is 6.48 Å². The van der Waals surface area contributed by atoms with Gasteiger partial charge < -0.3 is 9.80 Å². The fourth-order valence-corrected chi connectivity index (χ4v) is 12.7. The summed E-state index contributed by atoms with van der Waals surface area (Å²) in [5, 5.41) is 9.17. The third kappa shape index (κ3) is 6.50. The molecule has 0 unspecified atom stereocenters. The predicted molar refractivity (Wildman–Crippen MR) is 300 cm³/mol. The average Bonchev–Trinajstić information content (AvgIpc) is 3.68. The van der Waals surface area contributed by atoms with Crippen LogP contribution in [0.15, 0.2) is 152 Å². The summed E-state index contributed by atoms with van der Waals surface area (Å²) in [6.45, 7) is 28.1. The number of rotatable bonds is 3. The first-order chi connectivity index (χ1) is 32.3. The van der Waals surface area contributed by atoms with Crippen LogP contribution in [0.4, 0.5) is 34.1 Å². The van der Waals surface area contributed by atoms with Gasteiger partial charge in [0.25, 0.3) is 6.71 Å². The fourth-order valence-electron chi connectivity index (χ4n) is 11.4. The highest BCUT2D eigenvalue weighted by molar-refractivity contribution is 7.33. The zero-order valence-electron chi connectivity index (χ0n) is 41.8. The molecule has 3 heterocycles. The van der Waals surface area contributed by atoms with E-state index in [1.165, 1.54) is 126 Å². The van der Waals surface area contributed by atoms with Gasteiger partial charge >= 0.3 is 0 Å². The van der Waals surface area contributed by atoms with Crippen LogP contribution < -0.4 is 25.5 Å². The number of benzene rings is 9. The van der Waals surface area contributed by atoms with Crippen molar-refractivity contribution in [3.8, 4) is 11.1 Å². The third-order valence-electron chi connectivity index (χ3n) is 15.2. The van der Waals surface area contributed by atoms with Crippen molar-refractivity contribution in [1.82, 2.24) is 0 Å². The van der Waals surface area contributed by atoms with E-state index in [0.717, 1.165) is 0 Å². The van der Waals surface area contributed by atoms with Gasteiger partial charge in [-0.15, -0.1) is 11.3 Å². The van der Waals surface area contributed by atoms with Crippen molar-refractivity contribution in [2.45, 2.75) is 105 Å². The van der Waals surface area contributed by atoms with Crippen LogP contribution in [0.25, 0.3) is 53.5 Å². The number of hydrogen-bond donors (Lipinski definition) is 0. The van der Waals surface area contributed by atoms with E-state index in [-0.39, 0.29) is 28.4 Å². The van der Waals surface area contributed by atoms with Crippen molar-refractivity contribution in [3.05, 3.63) is 174 Å². The second kappa shape index (κ2) is 14.6. The molecule has 0 spiro atoms. The van der Waals surface area contributed by atoms with Gasteiger partial charge in [0.05, 0.1) is 11.4 Å². The van der Waals surface area contributed by atoms with Gasteiger partial charge in [0.2, 0.25) is 0 Å². The Morgan fingerprint density at radius 2 is 0.926 bits per heavy atom. The first-order valence-electron chi connectivity index (χ1n) is 24.6. The minimum Gasteiger partial charge on any atom is -0.311 e. The smallest absolute Gasteiger partial charge is 0.264 e. The summed E-state index contributed by atoms with van der Waals surface area (Å²) in [5.41, 5.74) is 18.0. The second-order valence-corrected chi connectivity index (χ2v) is 24.9. The van der Waals surface area contributed by atoms with Crippen LogP contribution >= 0.6 is 11.3 Å². The van der Waals surface area contributed by atoms with Crippen molar-refractivity contribution in [3.63, 3.8) is 0 Å². The number of hydrogen-bond acceptors (Lipinski definition) is 3. The highest BCUT2D eigenvalue weighted by atomic mass is 32.1. The monoisotopic (exact) mass is 900 g/mol. The highest BCUT2D eigenvalue weighted by Gasteiger charge is 2.46. The molecule has 0 saturated heterocycles. The molecule has 4 heteroatoms. The molecule has 0 bridgehead atoms. The Hall–Kier alpha value is -6.36. The van der Waals surface area contributed by atoms with E-state index >= 15 is 0 Å². The standard InChI is InChI=1S/C64H61BN2S/c1-61(2,3)41-23-28-45(29-24-41)66-53-17-14-18-54-58(53)65(60-59(66)49-36-43(63(7,8)9)27-34-55(49)68-60)50-37-44(64(10,11)12)26-33-52(50)67(54)51-32-25-42(62(4,5)6)35-48(51)46-30-21-40-20-19-38-15-13-16-39-22-31-47(46)57(40)56(38)39/h13-37H,1-12H3. The summed E-state index contributed by atoms with van der Waals surface area (Å²) in [7, 11) is 0. The van der Waals surface area contributed by atoms with Crippen LogP contribution in [0.2, 0.25) is 0 Å². The first kappa shape index (κ1) is 43.0. The first-order valence-corrected chi connectivity index (χ1v) is 25.4. The maximum absolute atomic E-state index is 2.63. The van der Waals surface area contributed by atoms with Crippen molar-refractivity contribution in [2.24, 2.45) is 0 Å². The summed E-state index contributed by atoms with van der Waals surface area (Å²) in [6, 6.07) is 59.3. The van der Waals surface area contributed by atoms with E-state index in [1.54, 1.807) is 0 Å². The number of anilines is 6. The lowest BCUT2D eigenvalue weighted by Gasteiger charge is -2.44. The Kier molecular flexibility index (Phi) is 9.21. The van der Waals surface area contributed by atoms with Gasteiger partial charge in [0.15, 0.2) is 0 Å². The fraction of sp³-hybridized carbons (Fsp3) is 0.250. The molecule has 336 valence electrons. The molecule has 0 fully saturated rings. The lowest BCUT2D eigenvalue weighted by atomic mass is 9.36. The van der Waals surface area contributed by atoms with Crippen LogP contribution in [0.1, 0.15) is 105 Å². The zero-order chi connectivity index (χ0) is 47.4. The van der Waals surface area contributed by atoms with Gasteiger partial charge in [-0.1, -0.05) is 180 Å². The summed E-state index contributed by atoms with van der Waals surface area (Å²) in [6.07, 6.45) is 0. The minimum atomic E-state index is -0.0526. The van der Waals surface area contributed by atoms with Crippen molar-refractivity contribution in [2.75, 3.05) is 9.80 Å². The highest BCUT2D eigenvalue weighted by Crippen LogP contribution is 2.51. The van der Waals surface area contributed by atoms with Crippen LogP contribution in [-0.4, -0.2) is 6.71 Å². The molecular formula is C64H61BN2S. The Bertz CT molecular complexity index is 3660. The Morgan fingerprint density at radius 1 is 0.397 bits per heavy atom. The molecule has 0 N–H and O–H groups in total. The van der Waals surface area contributed by atoms with Crippen molar-refractivity contribution < 1.29 is 0 Å².